The molecule has 3 fully saturated rings. The minimum absolute atomic E-state index is 0.269. The van der Waals surface area contributed by atoms with Gasteiger partial charge in [0.05, 0.1) is 0 Å². The summed E-state index contributed by atoms with van der Waals surface area (Å²) in [6.07, 6.45) is 7.30. The molecular formula is C11H18N2O. The number of hydrogen-bond acceptors (Lipinski definition) is 2. The molecule has 0 radical (unpaired) electrons. The van der Waals surface area contributed by atoms with Gasteiger partial charge in [0.2, 0.25) is 5.91 Å². The molecular weight excluding hydrogens is 176 g/mol. The van der Waals surface area contributed by atoms with Gasteiger partial charge >= 0.3 is 0 Å². The van der Waals surface area contributed by atoms with Gasteiger partial charge in [0, 0.05) is 31.1 Å². The summed E-state index contributed by atoms with van der Waals surface area (Å²) in [5, 5.41) is 3.05. The minimum atomic E-state index is 0.269. The van der Waals surface area contributed by atoms with Crippen LogP contribution >= 0.6 is 0 Å². The number of rotatable bonds is 1. The van der Waals surface area contributed by atoms with Crippen molar-refractivity contribution in [3.8, 4) is 0 Å². The van der Waals surface area contributed by atoms with Crippen molar-refractivity contribution in [2.75, 3.05) is 6.54 Å². The summed E-state index contributed by atoms with van der Waals surface area (Å²) in [6, 6.07) is 2.02. The molecule has 2 saturated heterocycles. The molecule has 0 unspecified atom stereocenters. The third-order valence-electron chi connectivity index (χ3n) is 3.84. The van der Waals surface area contributed by atoms with Crippen LogP contribution in [0.15, 0.2) is 0 Å². The molecule has 14 heavy (non-hydrogen) atoms. The van der Waals surface area contributed by atoms with Crippen molar-refractivity contribution in [1.82, 2.24) is 10.2 Å². The summed E-state index contributed by atoms with van der Waals surface area (Å²) in [5.41, 5.74) is 0. The number of nitrogens with one attached hydrogen (secondary N) is 1. The molecule has 1 amide bonds. The maximum atomic E-state index is 11.5. The molecule has 3 nitrogen and oxygen atoms in total. The quantitative estimate of drug-likeness (QED) is 0.672. The van der Waals surface area contributed by atoms with Gasteiger partial charge in [-0.15, -0.1) is 0 Å². The topological polar surface area (TPSA) is 32.3 Å². The van der Waals surface area contributed by atoms with E-state index >= 15 is 0 Å². The first-order valence-corrected chi connectivity index (χ1v) is 5.89. The average molecular weight is 194 g/mol. The van der Waals surface area contributed by atoms with E-state index in [1.54, 1.807) is 0 Å². The second-order valence-electron chi connectivity index (χ2n) is 4.93. The number of carbonyl (C=O) groups excluding carboxylic acids is 1. The lowest BCUT2D eigenvalue weighted by Gasteiger charge is -2.40. The fourth-order valence-electron chi connectivity index (χ4n) is 3.09. The number of fused-ring (bicyclic) bond motifs is 2. The average Bonchev–Trinajstić information content (AvgIpc) is 2.96. The minimum Gasteiger partial charge on any atom is -0.354 e. The maximum Gasteiger partial charge on any atom is 0.221 e. The molecule has 3 aliphatic rings. The molecule has 3 rings (SSSR count). The van der Waals surface area contributed by atoms with Crippen molar-refractivity contribution in [3.63, 3.8) is 0 Å². The van der Waals surface area contributed by atoms with Gasteiger partial charge in [-0.1, -0.05) is 6.42 Å². The summed E-state index contributed by atoms with van der Waals surface area (Å²) >= 11 is 0. The van der Waals surface area contributed by atoms with Crippen LogP contribution in [0.3, 0.4) is 0 Å². The molecule has 1 aliphatic carbocycles. The summed E-state index contributed by atoms with van der Waals surface area (Å²) in [5.74, 6) is 0.269. The predicted octanol–water partition coefficient (Wildman–Crippen LogP) is 0.892. The van der Waals surface area contributed by atoms with E-state index in [-0.39, 0.29) is 5.91 Å². The SMILES string of the molecule is O=C1C[C@@H]2CCC[C@@H](CN1)N2C1CC1. The van der Waals surface area contributed by atoms with Gasteiger partial charge < -0.3 is 5.32 Å². The van der Waals surface area contributed by atoms with E-state index in [1.807, 2.05) is 0 Å². The van der Waals surface area contributed by atoms with Crippen LogP contribution in [0, 0.1) is 0 Å². The molecule has 2 heterocycles. The highest BCUT2D eigenvalue weighted by Crippen LogP contribution is 2.37. The van der Waals surface area contributed by atoms with Crippen LogP contribution in [-0.4, -0.2) is 35.5 Å². The fourth-order valence-corrected chi connectivity index (χ4v) is 3.09. The van der Waals surface area contributed by atoms with Gasteiger partial charge in [0.1, 0.15) is 0 Å². The Kier molecular flexibility index (Phi) is 2.01. The number of piperidine rings is 1. The first-order valence-electron chi connectivity index (χ1n) is 5.89. The van der Waals surface area contributed by atoms with E-state index in [1.165, 1.54) is 32.1 Å². The van der Waals surface area contributed by atoms with Gasteiger partial charge in [-0.2, -0.15) is 0 Å². The highest BCUT2D eigenvalue weighted by Gasteiger charge is 2.42. The largest absolute Gasteiger partial charge is 0.354 e. The molecule has 0 spiro atoms. The molecule has 2 atom stereocenters. The zero-order valence-electron chi connectivity index (χ0n) is 8.54. The Labute approximate surface area is 84.8 Å². The van der Waals surface area contributed by atoms with Crippen LogP contribution in [0.4, 0.5) is 0 Å². The summed E-state index contributed by atoms with van der Waals surface area (Å²) in [6.45, 7) is 0.895. The molecule has 1 saturated carbocycles. The lowest BCUT2D eigenvalue weighted by atomic mass is 9.94. The predicted molar refractivity (Wildman–Crippen MR) is 53.9 cm³/mol. The van der Waals surface area contributed by atoms with Crippen molar-refractivity contribution in [1.29, 1.82) is 0 Å². The first-order chi connectivity index (χ1) is 6.84. The van der Waals surface area contributed by atoms with Gasteiger partial charge in [-0.3, -0.25) is 9.69 Å². The number of hydrogen-bond donors (Lipinski definition) is 1. The molecule has 1 N–H and O–H groups in total. The monoisotopic (exact) mass is 194 g/mol. The van der Waals surface area contributed by atoms with Crippen LogP contribution < -0.4 is 5.32 Å². The standard InChI is InChI=1S/C11H18N2O/c14-11-6-9-2-1-3-10(7-12-11)13(9)8-4-5-8/h8-10H,1-7H2,(H,12,14)/t9-,10-/m0/s1. The third kappa shape index (κ3) is 1.44. The number of carbonyl (C=O) groups is 1. The van der Waals surface area contributed by atoms with E-state index in [4.69, 9.17) is 0 Å². The van der Waals surface area contributed by atoms with Crippen molar-refractivity contribution < 1.29 is 4.79 Å². The molecule has 0 aromatic rings. The Hall–Kier alpha value is -0.570. The van der Waals surface area contributed by atoms with Crippen molar-refractivity contribution in [3.05, 3.63) is 0 Å². The lowest BCUT2D eigenvalue weighted by Crippen LogP contribution is -2.48. The van der Waals surface area contributed by atoms with Crippen LogP contribution in [0.25, 0.3) is 0 Å². The smallest absolute Gasteiger partial charge is 0.221 e. The van der Waals surface area contributed by atoms with Gasteiger partial charge in [-0.25, -0.2) is 0 Å². The molecule has 2 aliphatic heterocycles. The van der Waals surface area contributed by atoms with Gasteiger partial charge in [0.15, 0.2) is 0 Å². The Bertz CT molecular complexity index is 250. The van der Waals surface area contributed by atoms with E-state index in [0.717, 1.165) is 19.0 Å². The van der Waals surface area contributed by atoms with E-state index in [2.05, 4.69) is 10.2 Å². The Balaban J connectivity index is 1.82. The van der Waals surface area contributed by atoms with Crippen LogP contribution in [0.2, 0.25) is 0 Å². The van der Waals surface area contributed by atoms with Crippen LogP contribution in [-0.2, 0) is 4.79 Å². The Morgan fingerprint density at radius 3 is 2.64 bits per heavy atom. The van der Waals surface area contributed by atoms with E-state index in [9.17, 15) is 4.79 Å². The highest BCUT2D eigenvalue weighted by molar-refractivity contribution is 5.77. The molecule has 0 aromatic carbocycles. The van der Waals surface area contributed by atoms with E-state index < -0.39 is 0 Å². The Morgan fingerprint density at radius 2 is 1.86 bits per heavy atom. The van der Waals surface area contributed by atoms with Crippen LogP contribution in [0.5, 0.6) is 0 Å². The normalized spacial score (nSPS) is 39.0. The molecule has 78 valence electrons. The van der Waals surface area contributed by atoms with Gasteiger partial charge in [-0.05, 0) is 25.7 Å². The lowest BCUT2D eigenvalue weighted by molar-refractivity contribution is -0.121. The van der Waals surface area contributed by atoms with E-state index in [0.29, 0.717) is 12.1 Å². The van der Waals surface area contributed by atoms with Crippen molar-refractivity contribution in [2.24, 2.45) is 0 Å². The second-order valence-corrected chi connectivity index (χ2v) is 4.93. The number of nitrogens with zero attached hydrogens (tertiary/aromatic N) is 1. The zero-order valence-corrected chi connectivity index (χ0v) is 8.54. The van der Waals surface area contributed by atoms with Crippen molar-refractivity contribution in [2.45, 2.75) is 56.7 Å². The molecule has 2 bridgehead atoms. The molecule has 3 heteroatoms. The summed E-state index contributed by atoms with van der Waals surface area (Å²) in [4.78, 5) is 14.1. The zero-order chi connectivity index (χ0) is 9.54. The summed E-state index contributed by atoms with van der Waals surface area (Å²) in [7, 11) is 0. The second kappa shape index (κ2) is 3.23. The molecule has 0 aromatic heterocycles. The van der Waals surface area contributed by atoms with Crippen molar-refractivity contribution >= 4 is 5.91 Å². The Morgan fingerprint density at radius 1 is 1.07 bits per heavy atom. The van der Waals surface area contributed by atoms with Gasteiger partial charge in [0.25, 0.3) is 0 Å². The fraction of sp³-hybridized carbons (Fsp3) is 0.909. The first kappa shape index (κ1) is 8.72. The third-order valence-corrected chi connectivity index (χ3v) is 3.84. The highest BCUT2D eigenvalue weighted by atomic mass is 16.1. The van der Waals surface area contributed by atoms with Crippen LogP contribution in [0.1, 0.15) is 38.5 Å². The summed E-state index contributed by atoms with van der Waals surface area (Å²) < 4.78 is 0. The maximum absolute atomic E-state index is 11.5. The number of amides is 1.